The monoisotopic (exact) mass is 456 g/mol. The molecule has 1 atom stereocenters. The fraction of sp³-hybridized carbons (Fsp3) is 0.278. The van der Waals surface area contributed by atoms with Gasteiger partial charge in [0.05, 0.1) is 4.90 Å². The summed E-state index contributed by atoms with van der Waals surface area (Å²) in [7, 11) is -3.75. The van der Waals surface area contributed by atoms with Crippen molar-refractivity contribution in [2.75, 3.05) is 11.9 Å². The molecule has 1 N–H and O–H groups in total. The number of sulfonamides is 1. The average Bonchev–Trinajstić information content (AvgIpc) is 2.62. The van der Waals surface area contributed by atoms with Gasteiger partial charge in [-0.1, -0.05) is 40.0 Å². The van der Waals surface area contributed by atoms with Crippen LogP contribution in [0.2, 0.25) is 5.02 Å². The number of hydrogen-bond acceptors (Lipinski definition) is 3. The first-order valence-corrected chi connectivity index (χ1v) is 10.8. The molecule has 26 heavy (non-hydrogen) atoms. The van der Waals surface area contributed by atoms with E-state index in [1.807, 2.05) is 0 Å². The molecule has 0 saturated carbocycles. The minimum absolute atomic E-state index is 0.183. The van der Waals surface area contributed by atoms with Gasteiger partial charge in [0.15, 0.2) is 0 Å². The van der Waals surface area contributed by atoms with Gasteiger partial charge in [-0.3, -0.25) is 4.79 Å². The zero-order valence-corrected chi connectivity index (χ0v) is 17.0. The van der Waals surface area contributed by atoms with Gasteiger partial charge in [-0.25, -0.2) is 8.42 Å². The van der Waals surface area contributed by atoms with Gasteiger partial charge in [-0.2, -0.15) is 4.31 Å². The van der Waals surface area contributed by atoms with Gasteiger partial charge in [-0.05, 0) is 55.3 Å². The Kier molecular flexibility index (Phi) is 6.02. The Hall–Kier alpha value is -1.41. The lowest BCUT2D eigenvalue weighted by Crippen LogP contribution is -2.49. The molecule has 1 heterocycles. The molecule has 1 fully saturated rings. The van der Waals surface area contributed by atoms with E-state index in [-0.39, 0.29) is 10.8 Å². The molecule has 1 aliphatic rings. The number of rotatable bonds is 4. The van der Waals surface area contributed by atoms with Crippen LogP contribution in [0.15, 0.2) is 57.9 Å². The van der Waals surface area contributed by atoms with Crippen LogP contribution in [0, 0.1) is 0 Å². The maximum Gasteiger partial charge on any atom is 0.243 e. The van der Waals surface area contributed by atoms with Crippen LogP contribution < -0.4 is 5.32 Å². The molecular weight excluding hydrogens is 440 g/mol. The van der Waals surface area contributed by atoms with E-state index in [1.165, 1.54) is 4.31 Å². The fourth-order valence-electron chi connectivity index (χ4n) is 2.99. The lowest BCUT2D eigenvalue weighted by Gasteiger charge is -2.33. The molecule has 0 bridgehead atoms. The van der Waals surface area contributed by atoms with Crippen LogP contribution >= 0.6 is 27.5 Å². The number of carbonyl (C=O) groups is 1. The molecule has 2 aromatic carbocycles. The van der Waals surface area contributed by atoms with E-state index >= 15 is 0 Å². The number of carbonyl (C=O) groups excluding carboxylic acids is 1. The van der Waals surface area contributed by atoms with Crippen LogP contribution in [-0.4, -0.2) is 31.2 Å². The highest BCUT2D eigenvalue weighted by molar-refractivity contribution is 9.10. The maximum atomic E-state index is 13.0. The summed E-state index contributed by atoms with van der Waals surface area (Å²) >= 11 is 9.25. The van der Waals surface area contributed by atoms with Crippen LogP contribution in [0.5, 0.6) is 0 Å². The third kappa shape index (κ3) is 4.28. The second-order valence-corrected chi connectivity index (χ2v) is 9.32. The topological polar surface area (TPSA) is 66.5 Å². The van der Waals surface area contributed by atoms with Gasteiger partial charge in [0.1, 0.15) is 6.04 Å². The summed E-state index contributed by atoms with van der Waals surface area (Å²) in [6, 6.07) is 12.5. The molecule has 0 aromatic heterocycles. The summed E-state index contributed by atoms with van der Waals surface area (Å²) in [5, 5.41) is 3.28. The SMILES string of the molecule is O=C(Nc1cccc(Cl)c1)[C@H]1CCCCN1S(=O)(=O)c1ccc(Br)cc1. The first kappa shape index (κ1) is 19.4. The molecule has 3 rings (SSSR count). The third-order valence-electron chi connectivity index (χ3n) is 4.27. The van der Waals surface area contributed by atoms with Crippen LogP contribution in [-0.2, 0) is 14.8 Å². The van der Waals surface area contributed by atoms with E-state index in [2.05, 4.69) is 21.2 Å². The number of benzene rings is 2. The van der Waals surface area contributed by atoms with Crippen molar-refractivity contribution >= 4 is 49.1 Å². The summed E-state index contributed by atoms with van der Waals surface area (Å²) < 4.78 is 28.2. The van der Waals surface area contributed by atoms with Crippen LogP contribution in [0.4, 0.5) is 5.69 Å². The first-order chi connectivity index (χ1) is 12.4. The maximum absolute atomic E-state index is 13.0. The Morgan fingerprint density at radius 1 is 1.15 bits per heavy atom. The number of halogens is 2. The van der Waals surface area contributed by atoms with Gasteiger partial charge < -0.3 is 5.32 Å². The van der Waals surface area contributed by atoms with Crippen molar-refractivity contribution in [3.8, 4) is 0 Å². The van der Waals surface area contributed by atoms with Crippen molar-refractivity contribution in [1.29, 1.82) is 0 Å². The summed E-state index contributed by atoms with van der Waals surface area (Å²) in [6.07, 6.45) is 2.03. The van der Waals surface area contributed by atoms with E-state index in [1.54, 1.807) is 48.5 Å². The Bertz CT molecular complexity index is 903. The minimum Gasteiger partial charge on any atom is -0.325 e. The van der Waals surface area contributed by atoms with E-state index in [4.69, 9.17) is 11.6 Å². The summed E-state index contributed by atoms with van der Waals surface area (Å²) in [4.78, 5) is 12.9. The van der Waals surface area contributed by atoms with Crippen molar-refractivity contribution in [2.24, 2.45) is 0 Å². The molecule has 5 nitrogen and oxygen atoms in total. The standard InChI is InChI=1S/C18H18BrClN2O3S/c19-13-7-9-16(10-8-13)26(24,25)22-11-2-1-6-17(22)18(23)21-15-5-3-4-14(20)12-15/h3-5,7-10,12,17H,1-2,6,11H2,(H,21,23)/t17-/m1/s1. The van der Waals surface area contributed by atoms with Gasteiger partial charge in [0.2, 0.25) is 15.9 Å². The van der Waals surface area contributed by atoms with E-state index in [0.29, 0.717) is 23.7 Å². The van der Waals surface area contributed by atoms with E-state index in [9.17, 15) is 13.2 Å². The van der Waals surface area contributed by atoms with Gasteiger partial charge in [-0.15, -0.1) is 0 Å². The Morgan fingerprint density at radius 3 is 2.58 bits per heavy atom. The van der Waals surface area contributed by atoms with Crippen molar-refractivity contribution in [3.63, 3.8) is 0 Å². The van der Waals surface area contributed by atoms with Gasteiger partial charge >= 0.3 is 0 Å². The molecule has 0 radical (unpaired) electrons. The van der Waals surface area contributed by atoms with Crippen molar-refractivity contribution in [3.05, 3.63) is 58.0 Å². The number of piperidine rings is 1. The largest absolute Gasteiger partial charge is 0.325 e. The molecule has 1 amide bonds. The minimum atomic E-state index is -3.75. The normalized spacial score (nSPS) is 18.5. The zero-order valence-electron chi connectivity index (χ0n) is 13.9. The van der Waals surface area contributed by atoms with Crippen LogP contribution in [0.25, 0.3) is 0 Å². The average molecular weight is 458 g/mol. The lowest BCUT2D eigenvalue weighted by atomic mass is 10.0. The van der Waals surface area contributed by atoms with Crippen molar-refractivity contribution < 1.29 is 13.2 Å². The number of anilines is 1. The molecule has 0 spiro atoms. The predicted molar refractivity (Wildman–Crippen MR) is 106 cm³/mol. The summed E-state index contributed by atoms with van der Waals surface area (Å²) in [5.74, 6) is -0.340. The highest BCUT2D eigenvalue weighted by Crippen LogP contribution is 2.27. The number of hydrogen-bond donors (Lipinski definition) is 1. The molecule has 1 aliphatic heterocycles. The Balaban J connectivity index is 1.85. The zero-order chi connectivity index (χ0) is 18.7. The predicted octanol–water partition coefficient (Wildman–Crippen LogP) is 4.28. The molecule has 8 heteroatoms. The fourth-order valence-corrected chi connectivity index (χ4v) is 5.10. The Labute approximate surface area is 166 Å². The molecule has 0 aliphatic carbocycles. The van der Waals surface area contributed by atoms with Gasteiger partial charge in [0.25, 0.3) is 0 Å². The third-order valence-corrected chi connectivity index (χ3v) is 6.95. The number of amides is 1. The van der Waals surface area contributed by atoms with E-state index < -0.39 is 16.1 Å². The lowest BCUT2D eigenvalue weighted by molar-refractivity contribution is -0.120. The second-order valence-electron chi connectivity index (χ2n) is 6.08. The van der Waals surface area contributed by atoms with Gasteiger partial charge in [0, 0.05) is 21.7 Å². The number of nitrogens with zero attached hydrogens (tertiary/aromatic N) is 1. The summed E-state index contributed by atoms with van der Waals surface area (Å²) in [5.41, 5.74) is 0.550. The summed E-state index contributed by atoms with van der Waals surface area (Å²) in [6.45, 7) is 0.325. The second kappa shape index (κ2) is 8.08. The molecule has 2 aromatic rings. The molecular formula is C18H18BrClN2O3S. The van der Waals surface area contributed by atoms with Crippen molar-refractivity contribution in [1.82, 2.24) is 4.31 Å². The molecule has 1 saturated heterocycles. The first-order valence-electron chi connectivity index (χ1n) is 8.22. The Morgan fingerprint density at radius 2 is 1.88 bits per heavy atom. The van der Waals surface area contributed by atoms with Crippen LogP contribution in [0.1, 0.15) is 19.3 Å². The van der Waals surface area contributed by atoms with Crippen LogP contribution in [0.3, 0.4) is 0 Å². The highest BCUT2D eigenvalue weighted by Gasteiger charge is 2.37. The number of nitrogens with one attached hydrogen (secondary N) is 1. The molecule has 138 valence electrons. The smallest absolute Gasteiger partial charge is 0.243 e. The molecule has 0 unspecified atom stereocenters. The quantitative estimate of drug-likeness (QED) is 0.745. The van der Waals surface area contributed by atoms with Crippen molar-refractivity contribution in [2.45, 2.75) is 30.2 Å². The van der Waals surface area contributed by atoms with E-state index in [0.717, 1.165) is 17.3 Å². The highest BCUT2D eigenvalue weighted by atomic mass is 79.9.